The standard InChI is InChI=1S/C30H24N6O7S2/c1-2-39-24-11-7-22(8-12-24)34-35-29-17-18-30(28-19-26(45-43-41-38)15-16-27(28)29)36-33-21-5-3-20(4-6-21)31-32-23-9-13-25(14-10-23)44-42-40-37/h3-19,37-38H,2H2,1H3. The van der Waals surface area contributed by atoms with Gasteiger partial charge in [0.25, 0.3) is 0 Å². The second-order valence-corrected chi connectivity index (χ2v) is 10.3. The molecule has 45 heavy (non-hydrogen) atoms. The van der Waals surface area contributed by atoms with Crippen molar-refractivity contribution in [3.63, 3.8) is 0 Å². The third-order valence-electron chi connectivity index (χ3n) is 5.92. The fourth-order valence-corrected chi connectivity index (χ4v) is 4.65. The Balaban J connectivity index is 1.34. The molecule has 0 aliphatic heterocycles. The summed E-state index contributed by atoms with van der Waals surface area (Å²) in [7, 11) is 0. The lowest BCUT2D eigenvalue weighted by molar-refractivity contribution is -0.432. The fraction of sp³-hybridized carbons (Fsp3) is 0.0667. The molecule has 0 bridgehead atoms. The predicted octanol–water partition coefficient (Wildman–Crippen LogP) is 11.3. The van der Waals surface area contributed by atoms with Gasteiger partial charge in [-0.15, -0.1) is 18.9 Å². The van der Waals surface area contributed by atoms with Crippen molar-refractivity contribution in [1.29, 1.82) is 0 Å². The van der Waals surface area contributed by atoms with Crippen LogP contribution < -0.4 is 4.74 Å². The van der Waals surface area contributed by atoms with Gasteiger partial charge in [-0.2, -0.15) is 20.5 Å². The summed E-state index contributed by atoms with van der Waals surface area (Å²) >= 11 is 1.70. The van der Waals surface area contributed by atoms with Gasteiger partial charge in [0, 0.05) is 20.6 Å². The lowest BCUT2D eigenvalue weighted by Crippen LogP contribution is -1.89. The van der Waals surface area contributed by atoms with Crippen LogP contribution in [0.3, 0.4) is 0 Å². The number of ether oxygens (including phenoxy) is 1. The van der Waals surface area contributed by atoms with Crippen LogP contribution in [-0.2, 0) is 18.7 Å². The first-order chi connectivity index (χ1) is 22.1. The topological polar surface area (TPSA) is 161 Å². The zero-order valence-corrected chi connectivity index (χ0v) is 25.1. The molecule has 15 heteroatoms. The average Bonchev–Trinajstić information content (AvgIpc) is 3.09. The summed E-state index contributed by atoms with van der Waals surface area (Å²) in [6.07, 6.45) is 0. The Bertz CT molecular complexity index is 1790. The zero-order chi connectivity index (χ0) is 31.3. The van der Waals surface area contributed by atoms with Crippen molar-refractivity contribution in [3.8, 4) is 5.75 Å². The van der Waals surface area contributed by atoms with E-state index in [0.29, 0.717) is 45.6 Å². The molecule has 2 N–H and O–H groups in total. The second-order valence-electron chi connectivity index (χ2n) is 8.80. The van der Waals surface area contributed by atoms with Gasteiger partial charge in [-0.1, -0.05) is 16.1 Å². The Morgan fingerprint density at radius 2 is 0.956 bits per heavy atom. The molecule has 0 saturated carbocycles. The third kappa shape index (κ3) is 9.21. The van der Waals surface area contributed by atoms with E-state index in [0.717, 1.165) is 45.5 Å². The number of hydrogen-bond acceptors (Lipinski definition) is 15. The molecule has 5 aromatic carbocycles. The van der Waals surface area contributed by atoms with E-state index >= 15 is 0 Å². The molecule has 13 nitrogen and oxygen atoms in total. The normalized spacial score (nSPS) is 11.8. The molecule has 5 aromatic rings. The van der Waals surface area contributed by atoms with Crippen LogP contribution in [0.1, 0.15) is 6.92 Å². The number of azo groups is 3. The first-order valence-electron chi connectivity index (χ1n) is 13.2. The number of rotatable bonds is 14. The minimum Gasteiger partial charge on any atom is -0.494 e. The molecule has 0 unspecified atom stereocenters. The highest BCUT2D eigenvalue weighted by atomic mass is 32.2. The lowest BCUT2D eigenvalue weighted by atomic mass is 10.1. The van der Waals surface area contributed by atoms with Crippen LogP contribution >= 0.6 is 24.1 Å². The summed E-state index contributed by atoms with van der Waals surface area (Å²) < 4.78 is 14.5. The van der Waals surface area contributed by atoms with Gasteiger partial charge in [0.15, 0.2) is 0 Å². The minimum atomic E-state index is 0.582. The van der Waals surface area contributed by atoms with E-state index in [1.54, 1.807) is 60.7 Å². The first-order valence-corrected chi connectivity index (χ1v) is 14.7. The van der Waals surface area contributed by atoms with Gasteiger partial charge in [-0.05, 0) is 104 Å². The van der Waals surface area contributed by atoms with Crippen molar-refractivity contribution in [3.05, 3.63) is 103 Å². The zero-order valence-electron chi connectivity index (χ0n) is 23.5. The van der Waals surface area contributed by atoms with Crippen LogP contribution in [0.4, 0.5) is 34.1 Å². The van der Waals surface area contributed by atoms with E-state index in [2.05, 4.69) is 49.4 Å². The van der Waals surface area contributed by atoms with Gasteiger partial charge in [0.2, 0.25) is 0 Å². The van der Waals surface area contributed by atoms with Crippen LogP contribution in [0.25, 0.3) is 10.8 Å². The summed E-state index contributed by atoms with van der Waals surface area (Å²) in [4.78, 5) is 1.38. The summed E-state index contributed by atoms with van der Waals surface area (Å²) in [5, 5.41) is 51.9. The molecule has 0 spiro atoms. The van der Waals surface area contributed by atoms with Crippen LogP contribution in [0.15, 0.2) is 144 Å². The maximum Gasteiger partial charge on any atom is 0.119 e. The molecule has 0 atom stereocenters. The SMILES string of the molecule is CCOc1ccc(N=Nc2ccc(N=Nc3ccc(N=Nc4ccc(SOOO)cc4)cc3)c3cc(SOOO)ccc23)cc1. The van der Waals surface area contributed by atoms with E-state index in [-0.39, 0.29) is 0 Å². The third-order valence-corrected chi connectivity index (χ3v) is 7.09. The van der Waals surface area contributed by atoms with E-state index in [9.17, 15) is 0 Å². The predicted molar refractivity (Wildman–Crippen MR) is 168 cm³/mol. The molecular formula is C30H24N6O7S2. The van der Waals surface area contributed by atoms with E-state index in [4.69, 9.17) is 15.3 Å². The number of nitrogens with zero attached hydrogens (tertiary/aromatic N) is 6. The summed E-state index contributed by atoms with van der Waals surface area (Å²) in [6, 6.07) is 30.5. The largest absolute Gasteiger partial charge is 0.494 e. The number of benzene rings is 5. The molecule has 0 aromatic heterocycles. The molecule has 0 saturated heterocycles. The van der Waals surface area contributed by atoms with E-state index < -0.39 is 0 Å². The summed E-state index contributed by atoms with van der Waals surface area (Å²) in [5.41, 5.74) is 3.76. The van der Waals surface area contributed by atoms with Crippen LogP contribution in [0.2, 0.25) is 0 Å². The maximum atomic E-state index is 8.58. The van der Waals surface area contributed by atoms with E-state index in [1.165, 1.54) is 0 Å². The van der Waals surface area contributed by atoms with Crippen molar-refractivity contribution in [2.24, 2.45) is 30.7 Å². The Kier molecular flexibility index (Phi) is 11.7. The molecule has 0 aliphatic rings. The Morgan fingerprint density at radius 1 is 0.511 bits per heavy atom. The molecule has 0 aliphatic carbocycles. The highest BCUT2D eigenvalue weighted by Crippen LogP contribution is 2.38. The van der Waals surface area contributed by atoms with Crippen molar-refractivity contribution in [1.82, 2.24) is 0 Å². The molecule has 0 radical (unpaired) electrons. The highest BCUT2D eigenvalue weighted by molar-refractivity contribution is 7.94. The Hall–Kier alpha value is -4.58. The Morgan fingerprint density at radius 3 is 1.49 bits per heavy atom. The first kappa shape index (κ1) is 31.8. The molecular weight excluding hydrogens is 620 g/mol. The van der Waals surface area contributed by atoms with Crippen molar-refractivity contribution < 1.29 is 34.0 Å². The monoisotopic (exact) mass is 644 g/mol. The van der Waals surface area contributed by atoms with Crippen molar-refractivity contribution in [2.45, 2.75) is 16.7 Å². The number of fused-ring (bicyclic) bond motifs is 1. The highest BCUT2D eigenvalue weighted by Gasteiger charge is 2.09. The molecule has 0 heterocycles. The van der Waals surface area contributed by atoms with Crippen LogP contribution in [0, 0.1) is 0 Å². The Labute approximate surface area is 265 Å². The average molecular weight is 645 g/mol. The van der Waals surface area contributed by atoms with Crippen LogP contribution in [-0.4, -0.2) is 17.1 Å². The minimum absolute atomic E-state index is 0.582. The van der Waals surface area contributed by atoms with Gasteiger partial charge in [0.05, 0.1) is 64.8 Å². The second kappa shape index (κ2) is 16.5. The maximum absolute atomic E-state index is 8.58. The van der Waals surface area contributed by atoms with Gasteiger partial charge in [-0.3, -0.25) is 0 Å². The van der Waals surface area contributed by atoms with Crippen LogP contribution in [0.5, 0.6) is 5.75 Å². The summed E-state index contributed by atoms with van der Waals surface area (Å²) in [6.45, 7) is 2.51. The van der Waals surface area contributed by atoms with Gasteiger partial charge >= 0.3 is 0 Å². The lowest BCUT2D eigenvalue weighted by Gasteiger charge is -2.07. The van der Waals surface area contributed by atoms with Gasteiger partial charge in [-0.25, -0.2) is 10.5 Å². The number of hydrogen-bond donors (Lipinski definition) is 2. The molecule has 5 rings (SSSR count). The fourth-order valence-electron chi connectivity index (χ4n) is 3.90. The smallest absolute Gasteiger partial charge is 0.119 e. The molecule has 0 fully saturated rings. The molecule has 0 amide bonds. The summed E-state index contributed by atoms with van der Waals surface area (Å²) in [5.74, 6) is 0.763. The van der Waals surface area contributed by atoms with Gasteiger partial charge < -0.3 is 4.74 Å². The van der Waals surface area contributed by atoms with E-state index in [1.807, 2.05) is 49.4 Å². The quantitative estimate of drug-likeness (QED) is 0.0518. The molecule has 228 valence electrons. The van der Waals surface area contributed by atoms with Gasteiger partial charge in [0.1, 0.15) is 5.75 Å². The van der Waals surface area contributed by atoms with Crippen molar-refractivity contribution >= 4 is 69.0 Å². The van der Waals surface area contributed by atoms with Crippen molar-refractivity contribution in [2.75, 3.05) is 6.61 Å².